The van der Waals surface area contributed by atoms with Crippen molar-refractivity contribution < 1.29 is 13.2 Å². The maximum Gasteiger partial charge on any atom is 0.433 e. The van der Waals surface area contributed by atoms with Crippen LogP contribution in [0.1, 0.15) is 13.1 Å². The van der Waals surface area contributed by atoms with Crippen LogP contribution in [0.5, 0.6) is 0 Å². The molecule has 20 heavy (non-hydrogen) atoms. The maximum absolute atomic E-state index is 13.1. The third kappa shape index (κ3) is 2.07. The van der Waals surface area contributed by atoms with E-state index in [2.05, 4.69) is 10.1 Å². The van der Waals surface area contributed by atoms with Gasteiger partial charge >= 0.3 is 6.18 Å². The third-order valence-corrected chi connectivity index (χ3v) is 3.09. The van der Waals surface area contributed by atoms with E-state index < -0.39 is 11.9 Å². The fourth-order valence-corrected chi connectivity index (χ4v) is 2.27. The molecule has 3 rings (SSSR count). The number of para-hydroxylation sites is 1. The number of benzene rings is 1. The summed E-state index contributed by atoms with van der Waals surface area (Å²) >= 11 is 0. The summed E-state index contributed by atoms with van der Waals surface area (Å²) in [6.07, 6.45) is -1.60. The van der Waals surface area contributed by atoms with Crippen molar-refractivity contribution in [2.75, 3.05) is 0 Å². The highest BCUT2D eigenvalue weighted by Gasteiger charge is 2.38. The first-order valence-electron chi connectivity index (χ1n) is 5.64. The van der Waals surface area contributed by atoms with Crippen LogP contribution in [0.3, 0.4) is 0 Å². The predicted octanol–water partition coefficient (Wildman–Crippen LogP) is 4.22. The summed E-state index contributed by atoms with van der Waals surface area (Å²) in [5.41, 5.74) is 0.662. The summed E-state index contributed by atoms with van der Waals surface area (Å²) in [6.45, 7) is 0. The lowest BCUT2D eigenvalue weighted by molar-refractivity contribution is -0.143. The number of nitrogens with one attached hydrogen (secondary N) is 1. The molecule has 0 saturated carbocycles. The van der Waals surface area contributed by atoms with Gasteiger partial charge in [-0.2, -0.15) is 18.3 Å². The summed E-state index contributed by atoms with van der Waals surface area (Å²) in [7, 11) is 1.29. The summed E-state index contributed by atoms with van der Waals surface area (Å²) in [6, 6.07) is 7.23. The number of H-pyrrole nitrogens is 1. The minimum Gasteiger partial charge on any atom is -0.361 e. The molecule has 0 aliphatic heterocycles. The molecule has 0 aliphatic carbocycles. The van der Waals surface area contributed by atoms with E-state index in [-0.39, 0.29) is 13.0 Å². The van der Waals surface area contributed by atoms with E-state index in [1.165, 1.54) is 13.2 Å². The van der Waals surface area contributed by atoms with Gasteiger partial charge in [-0.1, -0.05) is 25.6 Å². The zero-order valence-corrected chi connectivity index (χ0v) is 9.99. The second-order valence-electron chi connectivity index (χ2n) is 4.28. The molecule has 0 spiro atoms. The Morgan fingerprint density at radius 2 is 1.85 bits per heavy atom. The normalized spacial score (nSPS) is 11.6. The molecular weight excluding hydrogens is 267 g/mol. The van der Waals surface area contributed by atoms with Crippen LogP contribution < -0.4 is 0 Å². The monoisotopic (exact) mass is 281 g/mol. The first kappa shape index (κ1) is 14.2. The van der Waals surface area contributed by atoms with Crippen LogP contribution in [0.4, 0.5) is 13.2 Å². The maximum atomic E-state index is 13.1. The van der Waals surface area contributed by atoms with Crippen LogP contribution in [0.2, 0.25) is 0 Å². The zero-order valence-electron chi connectivity index (χ0n) is 9.99. The molecule has 1 aromatic carbocycles. The van der Waals surface area contributed by atoms with Crippen LogP contribution in [0, 0.1) is 0 Å². The second kappa shape index (κ2) is 4.70. The van der Waals surface area contributed by atoms with Gasteiger partial charge in [0.25, 0.3) is 0 Å². The van der Waals surface area contributed by atoms with Crippen LogP contribution in [-0.4, -0.2) is 14.8 Å². The number of fused-ring (bicyclic) bond motifs is 1. The molecule has 2 heterocycles. The minimum atomic E-state index is -4.43. The molecule has 3 nitrogen and oxygen atoms in total. The Labute approximate surface area is 114 Å². The molecular formula is C14H14F3N3. The summed E-state index contributed by atoms with van der Waals surface area (Å²) < 4.78 is 40.0. The van der Waals surface area contributed by atoms with Crippen molar-refractivity contribution in [3.05, 3.63) is 42.4 Å². The Balaban J connectivity index is 0.00000147. The summed E-state index contributed by atoms with van der Waals surface area (Å²) in [5.74, 6) is 0. The SMILES string of the molecule is C.Cn1ncc(-c2c[nH]c3ccccc23)c1C(F)(F)F. The van der Waals surface area contributed by atoms with Crippen molar-refractivity contribution in [2.45, 2.75) is 13.6 Å². The Morgan fingerprint density at radius 1 is 1.15 bits per heavy atom. The molecule has 2 aromatic heterocycles. The smallest absolute Gasteiger partial charge is 0.361 e. The van der Waals surface area contributed by atoms with Gasteiger partial charge in [-0.25, -0.2) is 0 Å². The van der Waals surface area contributed by atoms with Gasteiger partial charge in [0.1, 0.15) is 5.69 Å². The molecule has 0 unspecified atom stereocenters. The van der Waals surface area contributed by atoms with Gasteiger partial charge < -0.3 is 4.98 Å². The van der Waals surface area contributed by atoms with Crippen molar-refractivity contribution in [1.29, 1.82) is 0 Å². The molecule has 0 bridgehead atoms. The Bertz CT molecular complexity index is 738. The zero-order chi connectivity index (χ0) is 13.6. The van der Waals surface area contributed by atoms with Crippen molar-refractivity contribution in [3.63, 3.8) is 0 Å². The van der Waals surface area contributed by atoms with E-state index in [1.807, 2.05) is 12.1 Å². The van der Waals surface area contributed by atoms with Crippen LogP contribution in [-0.2, 0) is 13.2 Å². The molecule has 0 aliphatic rings. The molecule has 0 atom stereocenters. The first-order chi connectivity index (χ1) is 8.98. The summed E-state index contributed by atoms with van der Waals surface area (Å²) in [5, 5.41) is 4.48. The topological polar surface area (TPSA) is 33.6 Å². The number of halogens is 3. The average Bonchev–Trinajstić information content (AvgIpc) is 2.91. The Hall–Kier alpha value is -2.24. The Morgan fingerprint density at radius 3 is 2.55 bits per heavy atom. The van der Waals surface area contributed by atoms with Crippen molar-refractivity contribution in [2.24, 2.45) is 7.05 Å². The van der Waals surface area contributed by atoms with Gasteiger partial charge in [0.05, 0.1) is 6.20 Å². The largest absolute Gasteiger partial charge is 0.433 e. The number of aromatic nitrogens is 3. The summed E-state index contributed by atoms with van der Waals surface area (Å²) in [4.78, 5) is 2.97. The molecule has 0 saturated heterocycles. The second-order valence-corrected chi connectivity index (χ2v) is 4.28. The fraction of sp³-hybridized carbons (Fsp3) is 0.214. The van der Waals surface area contributed by atoms with E-state index in [0.717, 1.165) is 15.6 Å². The van der Waals surface area contributed by atoms with E-state index in [9.17, 15) is 13.2 Å². The number of aryl methyl sites for hydroxylation is 1. The first-order valence-corrected chi connectivity index (χ1v) is 5.64. The molecule has 106 valence electrons. The molecule has 3 aromatic rings. The van der Waals surface area contributed by atoms with E-state index in [1.54, 1.807) is 18.3 Å². The predicted molar refractivity (Wildman–Crippen MR) is 72.2 cm³/mol. The van der Waals surface area contributed by atoms with Gasteiger partial charge in [-0.3, -0.25) is 4.68 Å². The molecule has 1 N–H and O–H groups in total. The number of aromatic amines is 1. The highest BCUT2D eigenvalue weighted by Crippen LogP contribution is 2.39. The van der Waals surface area contributed by atoms with E-state index >= 15 is 0 Å². The van der Waals surface area contributed by atoms with Crippen molar-refractivity contribution in [1.82, 2.24) is 14.8 Å². The van der Waals surface area contributed by atoms with Gasteiger partial charge in [0.2, 0.25) is 0 Å². The van der Waals surface area contributed by atoms with Crippen LogP contribution in [0.25, 0.3) is 22.0 Å². The highest BCUT2D eigenvalue weighted by atomic mass is 19.4. The molecule has 6 heteroatoms. The van der Waals surface area contributed by atoms with Gasteiger partial charge in [0.15, 0.2) is 0 Å². The van der Waals surface area contributed by atoms with Crippen LogP contribution >= 0.6 is 0 Å². The quantitative estimate of drug-likeness (QED) is 0.711. The van der Waals surface area contributed by atoms with Gasteiger partial charge in [-0.15, -0.1) is 0 Å². The third-order valence-electron chi connectivity index (χ3n) is 3.09. The van der Waals surface area contributed by atoms with E-state index in [4.69, 9.17) is 0 Å². The Kier molecular flexibility index (Phi) is 3.33. The molecule has 0 amide bonds. The van der Waals surface area contributed by atoms with Gasteiger partial charge in [0, 0.05) is 35.3 Å². The van der Waals surface area contributed by atoms with Crippen LogP contribution in [0.15, 0.2) is 36.7 Å². The lowest BCUT2D eigenvalue weighted by Gasteiger charge is -2.09. The average molecular weight is 281 g/mol. The van der Waals surface area contributed by atoms with Gasteiger partial charge in [-0.05, 0) is 6.07 Å². The fourth-order valence-electron chi connectivity index (χ4n) is 2.27. The molecule has 0 fully saturated rings. The van der Waals surface area contributed by atoms with Crippen molar-refractivity contribution >= 4 is 10.9 Å². The molecule has 0 radical (unpaired) electrons. The van der Waals surface area contributed by atoms with Crippen molar-refractivity contribution in [3.8, 4) is 11.1 Å². The highest BCUT2D eigenvalue weighted by molar-refractivity contribution is 5.96. The van der Waals surface area contributed by atoms with E-state index in [0.29, 0.717) is 5.56 Å². The number of nitrogens with zero attached hydrogens (tertiary/aromatic N) is 2. The lowest BCUT2D eigenvalue weighted by atomic mass is 10.1. The number of hydrogen-bond acceptors (Lipinski definition) is 1. The minimum absolute atomic E-state index is 0. The number of rotatable bonds is 1. The lowest BCUT2D eigenvalue weighted by Crippen LogP contribution is -2.12. The standard InChI is InChI=1S/C13H10F3N3.CH4/c1-19-12(13(14,15)16)10(7-18-19)9-6-17-11-5-3-2-4-8(9)11;/h2-7,17H,1H3;1H4. The number of alkyl halides is 3. The number of hydrogen-bond donors (Lipinski definition) is 1.